The number of fused-ring (bicyclic) bond motifs is 1. The van der Waals surface area contributed by atoms with Crippen molar-refractivity contribution in [1.29, 1.82) is 0 Å². The van der Waals surface area contributed by atoms with Crippen molar-refractivity contribution in [3.8, 4) is 11.4 Å². The van der Waals surface area contributed by atoms with Crippen molar-refractivity contribution >= 4 is 29.1 Å². The standard InChI is InChI=1S/C26H25N5O3/c1-17-15-20(34-3)9-10-22(17)29-13-11-21-23(16-18(2)27-25(21)29)30-14-12-24(28-30)31(26(32)33)19-7-5-4-6-8-19/h4-10,12,14-16H,11,13H2,1-3H3,(H,32,33). The molecule has 1 aliphatic heterocycles. The summed E-state index contributed by atoms with van der Waals surface area (Å²) in [5.41, 5.74) is 5.58. The summed E-state index contributed by atoms with van der Waals surface area (Å²) in [4.78, 5) is 20.3. The van der Waals surface area contributed by atoms with Gasteiger partial charge in [-0.3, -0.25) is 0 Å². The molecule has 172 valence electrons. The van der Waals surface area contributed by atoms with Crippen LogP contribution in [0.15, 0.2) is 66.9 Å². The fourth-order valence-corrected chi connectivity index (χ4v) is 4.44. The minimum atomic E-state index is -1.09. The quantitative estimate of drug-likeness (QED) is 0.434. The molecule has 0 bridgehead atoms. The molecule has 1 N–H and O–H groups in total. The molecular formula is C26H25N5O3. The highest BCUT2D eigenvalue weighted by molar-refractivity contribution is 5.93. The zero-order valence-electron chi connectivity index (χ0n) is 19.3. The van der Waals surface area contributed by atoms with Crippen LogP contribution >= 0.6 is 0 Å². The Labute approximate surface area is 197 Å². The molecule has 1 aliphatic rings. The molecule has 2 aromatic heterocycles. The van der Waals surface area contributed by atoms with Crippen LogP contribution in [-0.2, 0) is 6.42 Å². The molecule has 0 saturated heterocycles. The Balaban J connectivity index is 1.55. The van der Waals surface area contributed by atoms with Gasteiger partial charge >= 0.3 is 6.09 Å². The molecule has 0 fully saturated rings. The van der Waals surface area contributed by atoms with Crippen molar-refractivity contribution in [3.05, 3.63) is 83.7 Å². The van der Waals surface area contributed by atoms with E-state index in [0.29, 0.717) is 11.5 Å². The van der Waals surface area contributed by atoms with Gasteiger partial charge in [-0.1, -0.05) is 18.2 Å². The first-order valence-corrected chi connectivity index (χ1v) is 11.0. The van der Waals surface area contributed by atoms with Gasteiger partial charge in [0.05, 0.1) is 18.5 Å². The molecule has 0 radical (unpaired) electrons. The number of para-hydroxylation sites is 1. The molecule has 4 aromatic rings. The first-order chi connectivity index (χ1) is 16.5. The average molecular weight is 456 g/mol. The third-order valence-corrected chi connectivity index (χ3v) is 6.00. The zero-order chi connectivity index (χ0) is 23.8. The molecule has 5 rings (SSSR count). The number of anilines is 4. The van der Waals surface area contributed by atoms with E-state index in [1.807, 2.05) is 31.2 Å². The molecular weight excluding hydrogens is 430 g/mol. The molecule has 8 nitrogen and oxygen atoms in total. The van der Waals surface area contributed by atoms with E-state index in [0.717, 1.165) is 52.7 Å². The van der Waals surface area contributed by atoms with Crippen LogP contribution in [0.4, 0.5) is 27.8 Å². The summed E-state index contributed by atoms with van der Waals surface area (Å²) in [5.74, 6) is 2.06. The summed E-state index contributed by atoms with van der Waals surface area (Å²) in [7, 11) is 1.67. The number of amides is 1. The highest BCUT2D eigenvalue weighted by Gasteiger charge is 2.28. The second kappa shape index (κ2) is 8.55. The molecule has 2 aromatic carbocycles. The van der Waals surface area contributed by atoms with Crippen molar-refractivity contribution < 1.29 is 14.6 Å². The van der Waals surface area contributed by atoms with Crippen molar-refractivity contribution in [2.24, 2.45) is 0 Å². The fourth-order valence-electron chi connectivity index (χ4n) is 4.44. The van der Waals surface area contributed by atoms with Gasteiger partial charge in [0, 0.05) is 35.8 Å². The Kier molecular flexibility index (Phi) is 5.41. The van der Waals surface area contributed by atoms with E-state index in [1.165, 1.54) is 4.90 Å². The highest BCUT2D eigenvalue weighted by atomic mass is 16.5. The number of hydrogen-bond donors (Lipinski definition) is 1. The molecule has 0 saturated carbocycles. The fraction of sp³-hybridized carbons (Fsp3) is 0.192. The van der Waals surface area contributed by atoms with Gasteiger partial charge in [0.15, 0.2) is 5.82 Å². The number of benzene rings is 2. The Morgan fingerprint density at radius 1 is 1.06 bits per heavy atom. The largest absolute Gasteiger partial charge is 0.497 e. The third-order valence-electron chi connectivity index (χ3n) is 6.00. The number of pyridine rings is 1. The molecule has 0 aliphatic carbocycles. The number of methoxy groups -OCH3 is 1. The molecule has 34 heavy (non-hydrogen) atoms. The summed E-state index contributed by atoms with van der Waals surface area (Å²) >= 11 is 0. The van der Waals surface area contributed by atoms with Gasteiger partial charge < -0.3 is 14.7 Å². The third kappa shape index (κ3) is 3.73. The average Bonchev–Trinajstić information content (AvgIpc) is 3.47. The Bertz CT molecular complexity index is 1370. The lowest BCUT2D eigenvalue weighted by Crippen LogP contribution is -2.24. The van der Waals surface area contributed by atoms with E-state index in [4.69, 9.17) is 9.72 Å². The van der Waals surface area contributed by atoms with Gasteiger partial charge in [-0.2, -0.15) is 0 Å². The summed E-state index contributed by atoms with van der Waals surface area (Å²) in [6.45, 7) is 4.82. The van der Waals surface area contributed by atoms with Crippen LogP contribution in [0.1, 0.15) is 16.8 Å². The minimum Gasteiger partial charge on any atom is -0.497 e. The predicted octanol–water partition coefficient (Wildman–Crippen LogP) is 5.40. The lowest BCUT2D eigenvalue weighted by molar-refractivity contribution is 0.204. The maximum atomic E-state index is 12.0. The normalized spacial score (nSPS) is 12.5. The van der Waals surface area contributed by atoms with Crippen LogP contribution in [0, 0.1) is 13.8 Å². The summed E-state index contributed by atoms with van der Waals surface area (Å²) in [6.07, 6.45) is 1.51. The van der Waals surface area contributed by atoms with Gasteiger partial charge in [0.2, 0.25) is 0 Å². The summed E-state index contributed by atoms with van der Waals surface area (Å²) in [6, 6.07) is 18.7. The number of ether oxygens (including phenoxy) is 1. The smallest absolute Gasteiger partial charge is 0.417 e. The van der Waals surface area contributed by atoms with Crippen LogP contribution in [-0.4, -0.2) is 39.6 Å². The van der Waals surface area contributed by atoms with Crippen LogP contribution in [0.2, 0.25) is 0 Å². The first kappa shape index (κ1) is 21.5. The molecule has 3 heterocycles. The van der Waals surface area contributed by atoms with Gasteiger partial charge in [0.25, 0.3) is 0 Å². The van der Waals surface area contributed by atoms with E-state index in [-0.39, 0.29) is 0 Å². The lowest BCUT2D eigenvalue weighted by Gasteiger charge is -2.22. The maximum absolute atomic E-state index is 12.0. The number of aryl methyl sites for hydroxylation is 2. The number of rotatable bonds is 5. The Hall–Kier alpha value is -4.33. The predicted molar refractivity (Wildman–Crippen MR) is 131 cm³/mol. The summed E-state index contributed by atoms with van der Waals surface area (Å²) in [5, 5.41) is 14.5. The minimum absolute atomic E-state index is 0.336. The van der Waals surface area contributed by atoms with Gasteiger partial charge in [-0.05, 0) is 62.2 Å². The molecule has 0 spiro atoms. The van der Waals surface area contributed by atoms with Crippen molar-refractivity contribution in [1.82, 2.24) is 14.8 Å². The summed E-state index contributed by atoms with van der Waals surface area (Å²) < 4.78 is 7.10. The molecule has 0 unspecified atom stereocenters. The maximum Gasteiger partial charge on any atom is 0.417 e. The van der Waals surface area contributed by atoms with Crippen molar-refractivity contribution in [3.63, 3.8) is 0 Å². The van der Waals surface area contributed by atoms with Gasteiger partial charge in [-0.15, -0.1) is 5.10 Å². The lowest BCUT2D eigenvalue weighted by atomic mass is 10.1. The second-order valence-electron chi connectivity index (χ2n) is 8.21. The van der Waals surface area contributed by atoms with Gasteiger partial charge in [-0.25, -0.2) is 19.4 Å². The monoisotopic (exact) mass is 455 g/mol. The number of nitrogens with zero attached hydrogens (tertiary/aromatic N) is 5. The zero-order valence-corrected chi connectivity index (χ0v) is 19.3. The van der Waals surface area contributed by atoms with E-state index in [1.54, 1.807) is 48.3 Å². The Morgan fingerprint density at radius 3 is 2.56 bits per heavy atom. The van der Waals surface area contributed by atoms with Crippen LogP contribution in [0.25, 0.3) is 5.69 Å². The second-order valence-corrected chi connectivity index (χ2v) is 8.21. The number of carbonyl (C=O) groups is 1. The van der Waals surface area contributed by atoms with E-state index >= 15 is 0 Å². The number of carboxylic acid groups (broad SMARTS) is 1. The topological polar surface area (TPSA) is 83.7 Å². The molecule has 1 amide bonds. The van der Waals surface area contributed by atoms with Crippen molar-refractivity contribution in [2.75, 3.05) is 23.5 Å². The molecule has 0 atom stereocenters. The first-order valence-electron chi connectivity index (χ1n) is 11.0. The number of hydrogen-bond acceptors (Lipinski definition) is 5. The van der Waals surface area contributed by atoms with Crippen LogP contribution in [0.5, 0.6) is 5.75 Å². The van der Waals surface area contributed by atoms with E-state index < -0.39 is 6.09 Å². The van der Waals surface area contributed by atoms with Gasteiger partial charge in [0.1, 0.15) is 11.6 Å². The number of aromatic nitrogens is 3. The SMILES string of the molecule is COc1ccc(N2CCc3c(-n4ccc(N(C(=O)O)c5ccccc5)n4)cc(C)nc32)c(C)c1. The molecule has 8 heteroatoms. The van der Waals surface area contributed by atoms with E-state index in [2.05, 4.69) is 23.0 Å². The van der Waals surface area contributed by atoms with Crippen LogP contribution < -0.4 is 14.5 Å². The van der Waals surface area contributed by atoms with E-state index in [9.17, 15) is 9.90 Å². The van der Waals surface area contributed by atoms with Crippen LogP contribution in [0.3, 0.4) is 0 Å². The Morgan fingerprint density at radius 2 is 1.85 bits per heavy atom. The highest BCUT2D eigenvalue weighted by Crippen LogP contribution is 2.39. The van der Waals surface area contributed by atoms with Crippen molar-refractivity contribution in [2.45, 2.75) is 20.3 Å².